The van der Waals surface area contributed by atoms with Crippen molar-refractivity contribution in [3.8, 4) is 21.9 Å². The fourth-order valence-corrected chi connectivity index (χ4v) is 3.68. The molecule has 27 heavy (non-hydrogen) atoms. The van der Waals surface area contributed by atoms with Gasteiger partial charge in [-0.2, -0.15) is 0 Å². The Balaban J connectivity index is 1.75. The number of benzene rings is 2. The number of amides is 1. The van der Waals surface area contributed by atoms with E-state index in [1.165, 1.54) is 17.4 Å². The summed E-state index contributed by atoms with van der Waals surface area (Å²) in [6, 6.07) is 15.3. The van der Waals surface area contributed by atoms with E-state index in [9.17, 15) is 9.18 Å². The normalized spacial score (nSPS) is 11.7. The van der Waals surface area contributed by atoms with Gasteiger partial charge in [0.2, 0.25) is 0 Å². The van der Waals surface area contributed by atoms with Crippen LogP contribution in [-0.2, 0) is 0 Å². The molecule has 1 aromatic heterocycles. The topological polar surface area (TPSA) is 47.6 Å². The lowest BCUT2D eigenvalue weighted by Crippen LogP contribution is -2.25. The smallest absolute Gasteiger partial charge is 0.261 e. The van der Waals surface area contributed by atoms with Gasteiger partial charge in [0.15, 0.2) is 11.5 Å². The summed E-state index contributed by atoms with van der Waals surface area (Å²) in [6.07, 6.45) is 0. The fourth-order valence-electron chi connectivity index (χ4n) is 2.74. The average molecular weight is 385 g/mol. The summed E-state index contributed by atoms with van der Waals surface area (Å²) in [5.74, 6) is 0.733. The Morgan fingerprint density at radius 2 is 1.78 bits per heavy atom. The monoisotopic (exact) mass is 385 g/mol. The van der Waals surface area contributed by atoms with Crippen LogP contribution in [0.1, 0.15) is 28.2 Å². The summed E-state index contributed by atoms with van der Waals surface area (Å²) in [5.41, 5.74) is 1.39. The van der Waals surface area contributed by atoms with Gasteiger partial charge >= 0.3 is 0 Å². The largest absolute Gasteiger partial charge is 0.493 e. The number of carbonyl (C=O) groups excluding carboxylic acids is 1. The van der Waals surface area contributed by atoms with Crippen LogP contribution in [0, 0.1) is 5.82 Å². The summed E-state index contributed by atoms with van der Waals surface area (Å²) >= 11 is 1.26. The second-order valence-corrected chi connectivity index (χ2v) is 7.04. The highest BCUT2D eigenvalue weighted by Gasteiger charge is 2.16. The number of rotatable bonds is 6. The van der Waals surface area contributed by atoms with Crippen molar-refractivity contribution < 1.29 is 18.7 Å². The first-order chi connectivity index (χ1) is 13.0. The summed E-state index contributed by atoms with van der Waals surface area (Å²) in [4.78, 5) is 13.8. The van der Waals surface area contributed by atoms with Crippen LogP contribution < -0.4 is 14.8 Å². The van der Waals surface area contributed by atoms with Gasteiger partial charge in [-0.1, -0.05) is 24.3 Å². The first kappa shape index (κ1) is 18.9. The van der Waals surface area contributed by atoms with E-state index in [2.05, 4.69) is 5.32 Å². The molecule has 2 aromatic carbocycles. The Morgan fingerprint density at radius 3 is 2.48 bits per heavy atom. The number of hydrogen-bond acceptors (Lipinski definition) is 4. The maximum Gasteiger partial charge on any atom is 0.261 e. The molecular weight excluding hydrogens is 365 g/mol. The molecule has 0 saturated heterocycles. The van der Waals surface area contributed by atoms with Crippen LogP contribution >= 0.6 is 11.3 Å². The van der Waals surface area contributed by atoms with Crippen molar-refractivity contribution in [3.05, 3.63) is 70.9 Å². The first-order valence-electron chi connectivity index (χ1n) is 8.41. The molecule has 1 unspecified atom stereocenters. The van der Waals surface area contributed by atoms with E-state index in [1.54, 1.807) is 50.6 Å². The third-order valence-corrected chi connectivity index (χ3v) is 5.34. The SMILES string of the molecule is COc1ccc(C(C)NC(=O)c2ccc(-c3ccccc3F)s2)cc1OC. The molecule has 0 bridgehead atoms. The Labute approximate surface area is 161 Å². The zero-order chi connectivity index (χ0) is 19.4. The molecule has 140 valence electrons. The van der Waals surface area contributed by atoms with Gasteiger partial charge in [-0.05, 0) is 42.8 Å². The number of carbonyl (C=O) groups is 1. The van der Waals surface area contributed by atoms with Gasteiger partial charge in [-0.3, -0.25) is 4.79 Å². The molecular formula is C21H20FNO3S. The van der Waals surface area contributed by atoms with E-state index in [1.807, 2.05) is 19.1 Å². The summed E-state index contributed by atoms with van der Waals surface area (Å²) < 4.78 is 24.5. The van der Waals surface area contributed by atoms with Crippen LogP contribution in [-0.4, -0.2) is 20.1 Å². The third kappa shape index (κ3) is 4.11. The second-order valence-electron chi connectivity index (χ2n) is 5.95. The van der Waals surface area contributed by atoms with Crippen LogP contribution in [0.2, 0.25) is 0 Å². The molecule has 0 aliphatic rings. The Bertz CT molecular complexity index is 954. The number of nitrogens with one attached hydrogen (secondary N) is 1. The second kappa shape index (κ2) is 8.22. The number of methoxy groups -OCH3 is 2. The molecule has 0 spiro atoms. The Morgan fingerprint density at radius 1 is 1.04 bits per heavy atom. The van der Waals surface area contributed by atoms with E-state index in [4.69, 9.17) is 9.47 Å². The van der Waals surface area contributed by atoms with Gasteiger partial charge in [0, 0.05) is 10.4 Å². The van der Waals surface area contributed by atoms with Crippen LogP contribution in [0.4, 0.5) is 4.39 Å². The zero-order valence-electron chi connectivity index (χ0n) is 15.3. The quantitative estimate of drug-likeness (QED) is 0.645. The number of hydrogen-bond donors (Lipinski definition) is 1. The minimum absolute atomic E-state index is 0.204. The van der Waals surface area contributed by atoms with Gasteiger partial charge in [0.25, 0.3) is 5.91 Å². The van der Waals surface area contributed by atoms with Gasteiger partial charge < -0.3 is 14.8 Å². The predicted molar refractivity (Wildman–Crippen MR) is 105 cm³/mol. The van der Waals surface area contributed by atoms with Gasteiger partial charge in [0.1, 0.15) is 5.82 Å². The zero-order valence-corrected chi connectivity index (χ0v) is 16.1. The van der Waals surface area contributed by atoms with Crippen LogP contribution in [0.3, 0.4) is 0 Å². The molecule has 1 atom stereocenters. The molecule has 3 aromatic rings. The summed E-state index contributed by atoms with van der Waals surface area (Å²) in [6.45, 7) is 1.89. The van der Waals surface area contributed by atoms with Crippen molar-refractivity contribution in [2.45, 2.75) is 13.0 Å². The number of halogens is 1. The van der Waals surface area contributed by atoms with Crippen molar-refractivity contribution in [2.24, 2.45) is 0 Å². The maximum absolute atomic E-state index is 13.9. The highest BCUT2D eigenvalue weighted by molar-refractivity contribution is 7.17. The van der Waals surface area contributed by atoms with Crippen LogP contribution in [0.25, 0.3) is 10.4 Å². The van der Waals surface area contributed by atoms with Gasteiger partial charge in [-0.25, -0.2) is 4.39 Å². The van der Waals surface area contributed by atoms with E-state index in [0.717, 1.165) is 10.4 Å². The number of thiophene rings is 1. The van der Waals surface area contributed by atoms with E-state index in [0.29, 0.717) is 21.9 Å². The molecule has 4 nitrogen and oxygen atoms in total. The third-order valence-electron chi connectivity index (χ3n) is 4.22. The molecule has 0 saturated carbocycles. The standard InChI is InChI=1S/C21H20FNO3S/c1-13(14-8-9-17(25-2)18(12-14)26-3)23-21(24)20-11-10-19(27-20)15-6-4-5-7-16(15)22/h4-13H,1-3H3,(H,23,24). The van der Waals surface area contributed by atoms with Crippen molar-refractivity contribution in [1.29, 1.82) is 0 Å². The Hall–Kier alpha value is -2.86. The average Bonchev–Trinajstić information content (AvgIpc) is 3.17. The van der Waals surface area contributed by atoms with Crippen molar-refractivity contribution in [1.82, 2.24) is 5.32 Å². The highest BCUT2D eigenvalue weighted by atomic mass is 32.1. The molecule has 0 radical (unpaired) electrons. The molecule has 0 aliphatic carbocycles. The molecule has 1 amide bonds. The molecule has 0 fully saturated rings. The van der Waals surface area contributed by atoms with Gasteiger partial charge in [-0.15, -0.1) is 11.3 Å². The molecule has 0 aliphatic heterocycles. The molecule has 1 heterocycles. The van der Waals surface area contributed by atoms with Crippen molar-refractivity contribution in [2.75, 3.05) is 14.2 Å². The molecule has 3 rings (SSSR count). The minimum atomic E-state index is -0.301. The lowest BCUT2D eigenvalue weighted by molar-refractivity contribution is 0.0944. The maximum atomic E-state index is 13.9. The van der Waals surface area contributed by atoms with E-state index in [-0.39, 0.29) is 17.8 Å². The fraction of sp³-hybridized carbons (Fsp3) is 0.190. The van der Waals surface area contributed by atoms with Crippen molar-refractivity contribution >= 4 is 17.2 Å². The molecule has 6 heteroatoms. The lowest BCUT2D eigenvalue weighted by Gasteiger charge is -2.16. The van der Waals surface area contributed by atoms with E-state index < -0.39 is 0 Å². The highest BCUT2D eigenvalue weighted by Crippen LogP contribution is 2.32. The van der Waals surface area contributed by atoms with Crippen LogP contribution in [0.5, 0.6) is 11.5 Å². The molecule has 1 N–H and O–H groups in total. The predicted octanol–water partition coefficient (Wildman–Crippen LogP) is 5.06. The van der Waals surface area contributed by atoms with E-state index >= 15 is 0 Å². The summed E-state index contributed by atoms with van der Waals surface area (Å²) in [5, 5.41) is 2.96. The first-order valence-corrected chi connectivity index (χ1v) is 9.22. The summed E-state index contributed by atoms with van der Waals surface area (Å²) in [7, 11) is 3.15. The number of ether oxygens (including phenoxy) is 2. The van der Waals surface area contributed by atoms with Gasteiger partial charge in [0.05, 0.1) is 25.1 Å². The lowest BCUT2D eigenvalue weighted by atomic mass is 10.1. The van der Waals surface area contributed by atoms with Crippen molar-refractivity contribution in [3.63, 3.8) is 0 Å². The Kier molecular flexibility index (Phi) is 5.76. The van der Waals surface area contributed by atoms with Crippen LogP contribution in [0.15, 0.2) is 54.6 Å². The minimum Gasteiger partial charge on any atom is -0.493 e.